The second-order valence-corrected chi connectivity index (χ2v) is 6.78. The third kappa shape index (κ3) is 3.95. The number of alkyl halides is 3. The first-order chi connectivity index (χ1) is 12.8. The molecular weight excluding hydrogens is 355 g/mol. The summed E-state index contributed by atoms with van der Waals surface area (Å²) >= 11 is 0. The number of nitriles is 1. The van der Waals surface area contributed by atoms with Crippen LogP contribution in [0.4, 0.5) is 13.2 Å². The summed E-state index contributed by atoms with van der Waals surface area (Å²) in [6.07, 6.45) is -1.46. The molecule has 1 atom stereocenters. The Hall–Kier alpha value is -2.88. The fraction of sp³-hybridized carbons (Fsp3) is 0.350. The normalized spacial score (nSPS) is 19.1. The van der Waals surface area contributed by atoms with Crippen LogP contribution in [0.1, 0.15) is 43.7 Å². The van der Waals surface area contributed by atoms with Gasteiger partial charge in [0.2, 0.25) is 0 Å². The minimum Gasteiger partial charge on any atom is -0.266 e. The van der Waals surface area contributed by atoms with Crippen molar-refractivity contribution in [3.8, 4) is 17.3 Å². The molecule has 0 saturated heterocycles. The molecule has 0 amide bonds. The van der Waals surface area contributed by atoms with Crippen molar-refractivity contribution in [1.29, 1.82) is 5.26 Å². The first kappa shape index (κ1) is 18.9. The lowest BCUT2D eigenvalue weighted by atomic mass is 9.89. The van der Waals surface area contributed by atoms with Crippen LogP contribution >= 0.6 is 0 Å². The highest BCUT2D eigenvalue weighted by Crippen LogP contribution is 2.33. The van der Waals surface area contributed by atoms with Crippen LogP contribution in [0.5, 0.6) is 0 Å². The molecule has 0 spiro atoms. The summed E-state index contributed by atoms with van der Waals surface area (Å²) in [5.41, 5.74) is -2.00. The third-order valence-electron chi connectivity index (χ3n) is 4.66. The molecule has 2 aromatic rings. The first-order valence-electron chi connectivity index (χ1n) is 8.70. The van der Waals surface area contributed by atoms with Crippen LogP contribution in [-0.4, -0.2) is 10.4 Å². The van der Waals surface area contributed by atoms with Crippen molar-refractivity contribution in [2.45, 2.75) is 38.8 Å². The largest absolute Gasteiger partial charge is 0.417 e. The lowest BCUT2D eigenvalue weighted by Crippen LogP contribution is -2.27. The highest BCUT2D eigenvalue weighted by atomic mass is 19.4. The van der Waals surface area contributed by atoms with Gasteiger partial charge in [0.25, 0.3) is 5.56 Å². The number of halogens is 3. The number of hydrogen-bond acceptors (Lipinski definition) is 3. The molecule has 1 unspecified atom stereocenters. The maximum Gasteiger partial charge on any atom is 0.417 e. The SMILES string of the molecule is CC1CCCC(=Nn2c(-c3ccccc3)cc(C(F)(F)F)c(C#N)c2=O)C1. The molecule has 1 fully saturated rings. The third-order valence-corrected chi connectivity index (χ3v) is 4.66. The number of hydrogen-bond donors (Lipinski definition) is 0. The van der Waals surface area contributed by atoms with E-state index < -0.39 is 22.9 Å². The molecule has 1 aromatic heterocycles. The average molecular weight is 373 g/mol. The quantitative estimate of drug-likeness (QED) is 0.758. The molecule has 0 aliphatic heterocycles. The second kappa shape index (κ2) is 7.39. The van der Waals surface area contributed by atoms with Crippen LogP contribution in [0.15, 0.2) is 46.3 Å². The van der Waals surface area contributed by atoms with Gasteiger partial charge in [-0.1, -0.05) is 37.3 Å². The minimum absolute atomic E-state index is 0.0256. The Balaban J connectivity index is 2.29. The zero-order chi connectivity index (χ0) is 19.6. The van der Waals surface area contributed by atoms with Gasteiger partial charge in [-0.05, 0) is 37.7 Å². The molecule has 27 heavy (non-hydrogen) atoms. The Bertz CT molecular complexity index is 969. The van der Waals surface area contributed by atoms with E-state index in [4.69, 9.17) is 0 Å². The maximum absolute atomic E-state index is 13.4. The fourth-order valence-electron chi connectivity index (χ4n) is 3.34. The summed E-state index contributed by atoms with van der Waals surface area (Å²) in [6, 6.07) is 10.6. The number of pyridine rings is 1. The van der Waals surface area contributed by atoms with E-state index in [1.165, 1.54) is 6.07 Å². The summed E-state index contributed by atoms with van der Waals surface area (Å²) in [4.78, 5) is 12.8. The van der Waals surface area contributed by atoms with Crippen molar-refractivity contribution >= 4 is 5.71 Å². The number of nitrogens with zero attached hydrogens (tertiary/aromatic N) is 3. The number of aromatic nitrogens is 1. The molecule has 7 heteroatoms. The van der Waals surface area contributed by atoms with Gasteiger partial charge in [0.05, 0.1) is 11.3 Å². The predicted octanol–water partition coefficient (Wildman–Crippen LogP) is 4.82. The lowest BCUT2D eigenvalue weighted by molar-refractivity contribution is -0.137. The summed E-state index contributed by atoms with van der Waals surface area (Å²) in [7, 11) is 0. The van der Waals surface area contributed by atoms with Gasteiger partial charge in [0.15, 0.2) is 0 Å². The molecule has 1 heterocycles. The molecule has 1 saturated carbocycles. The van der Waals surface area contributed by atoms with Gasteiger partial charge in [-0.2, -0.15) is 28.2 Å². The Kier molecular flexibility index (Phi) is 5.17. The monoisotopic (exact) mass is 373 g/mol. The van der Waals surface area contributed by atoms with Crippen LogP contribution in [0.25, 0.3) is 11.3 Å². The Morgan fingerprint density at radius 3 is 2.56 bits per heavy atom. The van der Waals surface area contributed by atoms with Gasteiger partial charge in [-0.25, -0.2) is 0 Å². The molecule has 4 nitrogen and oxygen atoms in total. The van der Waals surface area contributed by atoms with E-state index >= 15 is 0 Å². The Labute approximate surface area is 154 Å². The molecule has 0 radical (unpaired) electrons. The number of benzene rings is 1. The van der Waals surface area contributed by atoms with Crippen molar-refractivity contribution in [1.82, 2.24) is 4.68 Å². The average Bonchev–Trinajstić information content (AvgIpc) is 2.63. The first-order valence-corrected chi connectivity index (χ1v) is 8.70. The van der Waals surface area contributed by atoms with Gasteiger partial charge in [-0.3, -0.25) is 4.79 Å². The standard InChI is InChI=1S/C20H18F3N3O/c1-13-6-5-9-15(10-13)25-26-18(14-7-3-2-4-8-14)11-17(20(21,22)23)16(12-24)19(26)27/h2-4,7-8,11,13H,5-6,9-10H2,1H3. The van der Waals surface area contributed by atoms with Crippen molar-refractivity contribution in [3.63, 3.8) is 0 Å². The van der Waals surface area contributed by atoms with E-state index in [-0.39, 0.29) is 5.69 Å². The van der Waals surface area contributed by atoms with Crippen molar-refractivity contribution < 1.29 is 13.2 Å². The summed E-state index contributed by atoms with van der Waals surface area (Å²) in [5, 5.41) is 13.6. The van der Waals surface area contributed by atoms with Gasteiger partial charge in [0, 0.05) is 11.3 Å². The highest BCUT2D eigenvalue weighted by molar-refractivity contribution is 5.85. The zero-order valence-corrected chi connectivity index (χ0v) is 14.8. The van der Waals surface area contributed by atoms with E-state index in [1.807, 2.05) is 0 Å². The van der Waals surface area contributed by atoms with Crippen LogP contribution < -0.4 is 5.56 Å². The van der Waals surface area contributed by atoms with Gasteiger partial charge >= 0.3 is 6.18 Å². The molecule has 1 aliphatic rings. The van der Waals surface area contributed by atoms with Crippen LogP contribution in [0.2, 0.25) is 0 Å². The Morgan fingerprint density at radius 2 is 1.96 bits per heavy atom. The van der Waals surface area contributed by atoms with Crippen LogP contribution in [0, 0.1) is 17.2 Å². The highest BCUT2D eigenvalue weighted by Gasteiger charge is 2.36. The van der Waals surface area contributed by atoms with Crippen LogP contribution in [0.3, 0.4) is 0 Å². The second-order valence-electron chi connectivity index (χ2n) is 6.78. The molecular formula is C20H18F3N3O. The van der Waals surface area contributed by atoms with E-state index in [9.17, 15) is 23.2 Å². The van der Waals surface area contributed by atoms with E-state index in [2.05, 4.69) is 12.0 Å². The van der Waals surface area contributed by atoms with Crippen molar-refractivity contribution in [2.24, 2.45) is 11.0 Å². The number of rotatable bonds is 2. The van der Waals surface area contributed by atoms with Crippen LogP contribution in [-0.2, 0) is 6.18 Å². The van der Waals surface area contributed by atoms with Crippen molar-refractivity contribution in [3.05, 3.63) is 57.9 Å². The van der Waals surface area contributed by atoms with Gasteiger partial charge in [0.1, 0.15) is 11.6 Å². The van der Waals surface area contributed by atoms with E-state index in [0.29, 0.717) is 24.3 Å². The predicted molar refractivity (Wildman–Crippen MR) is 96.3 cm³/mol. The molecule has 1 aromatic carbocycles. The molecule has 0 N–H and O–H groups in total. The van der Waals surface area contributed by atoms with Crippen molar-refractivity contribution in [2.75, 3.05) is 0 Å². The van der Waals surface area contributed by atoms with E-state index in [1.54, 1.807) is 30.3 Å². The topological polar surface area (TPSA) is 58.1 Å². The van der Waals surface area contributed by atoms with Gasteiger partial charge in [-0.15, -0.1) is 0 Å². The summed E-state index contributed by atoms with van der Waals surface area (Å²) < 4.78 is 41.2. The fourth-order valence-corrected chi connectivity index (χ4v) is 3.34. The summed E-state index contributed by atoms with van der Waals surface area (Å²) in [5.74, 6) is 0.401. The van der Waals surface area contributed by atoms with E-state index in [0.717, 1.165) is 29.3 Å². The Morgan fingerprint density at radius 1 is 1.26 bits per heavy atom. The maximum atomic E-state index is 13.4. The summed E-state index contributed by atoms with van der Waals surface area (Å²) in [6.45, 7) is 2.07. The molecule has 140 valence electrons. The lowest BCUT2D eigenvalue weighted by Gasteiger charge is -2.20. The molecule has 3 rings (SSSR count). The molecule has 0 bridgehead atoms. The smallest absolute Gasteiger partial charge is 0.266 e. The zero-order valence-electron chi connectivity index (χ0n) is 14.8. The van der Waals surface area contributed by atoms with Gasteiger partial charge < -0.3 is 0 Å². The molecule has 1 aliphatic carbocycles. The minimum atomic E-state index is -4.81.